The van der Waals surface area contributed by atoms with E-state index in [2.05, 4.69) is 27.8 Å². The molecule has 0 bridgehead atoms. The third-order valence-electron chi connectivity index (χ3n) is 4.69. The first kappa shape index (κ1) is 12.2. The third kappa shape index (κ3) is 2.61. The summed E-state index contributed by atoms with van der Waals surface area (Å²) in [4.78, 5) is 2.74. The fourth-order valence-corrected chi connectivity index (χ4v) is 3.59. The van der Waals surface area contributed by atoms with Gasteiger partial charge in [-0.3, -0.25) is 4.68 Å². The van der Waals surface area contributed by atoms with Crippen molar-refractivity contribution in [3.63, 3.8) is 0 Å². The fraction of sp³-hybridized carbons (Fsp3) is 0.800. The van der Waals surface area contributed by atoms with Gasteiger partial charge in [-0.15, -0.1) is 0 Å². The minimum absolute atomic E-state index is 0.638. The van der Waals surface area contributed by atoms with Gasteiger partial charge in [0.25, 0.3) is 0 Å². The standard InChI is InChI=1S/C15H25N3/c1-13-11-16-18(12-13)15-7-9-17(10-8-15)14-5-3-2-4-6-14/h11-12,14-15H,2-10H2,1H3. The Bertz CT molecular complexity index is 371. The number of piperidine rings is 1. The summed E-state index contributed by atoms with van der Waals surface area (Å²) in [5.41, 5.74) is 1.28. The van der Waals surface area contributed by atoms with Crippen molar-refractivity contribution < 1.29 is 0 Å². The van der Waals surface area contributed by atoms with Crippen molar-refractivity contribution in [3.05, 3.63) is 18.0 Å². The van der Waals surface area contributed by atoms with Crippen molar-refractivity contribution in [2.75, 3.05) is 13.1 Å². The van der Waals surface area contributed by atoms with Crippen LogP contribution >= 0.6 is 0 Å². The van der Waals surface area contributed by atoms with Gasteiger partial charge < -0.3 is 4.90 Å². The minimum Gasteiger partial charge on any atom is -0.300 e. The lowest BCUT2D eigenvalue weighted by Crippen LogP contribution is -2.42. The highest BCUT2D eigenvalue weighted by molar-refractivity contribution is 5.01. The summed E-state index contributed by atoms with van der Waals surface area (Å²) in [5, 5.41) is 4.48. The zero-order valence-electron chi connectivity index (χ0n) is 11.5. The van der Waals surface area contributed by atoms with E-state index in [9.17, 15) is 0 Å². The van der Waals surface area contributed by atoms with Crippen LogP contribution in [0.5, 0.6) is 0 Å². The largest absolute Gasteiger partial charge is 0.300 e. The first-order valence-corrected chi connectivity index (χ1v) is 7.58. The molecule has 2 heterocycles. The van der Waals surface area contributed by atoms with Gasteiger partial charge in [-0.1, -0.05) is 19.3 Å². The molecule has 100 valence electrons. The van der Waals surface area contributed by atoms with E-state index in [4.69, 9.17) is 0 Å². The van der Waals surface area contributed by atoms with Crippen molar-refractivity contribution in [1.29, 1.82) is 0 Å². The molecule has 0 amide bonds. The molecule has 2 fully saturated rings. The van der Waals surface area contributed by atoms with Crippen LogP contribution in [-0.4, -0.2) is 33.8 Å². The highest BCUT2D eigenvalue weighted by atomic mass is 15.3. The monoisotopic (exact) mass is 247 g/mol. The number of likely N-dealkylation sites (tertiary alicyclic amines) is 1. The Kier molecular flexibility index (Phi) is 3.69. The van der Waals surface area contributed by atoms with Crippen LogP contribution in [0.1, 0.15) is 56.6 Å². The number of hydrogen-bond donors (Lipinski definition) is 0. The second-order valence-electron chi connectivity index (χ2n) is 6.06. The highest BCUT2D eigenvalue weighted by Gasteiger charge is 2.26. The van der Waals surface area contributed by atoms with Gasteiger partial charge in [0.05, 0.1) is 12.2 Å². The van der Waals surface area contributed by atoms with Crippen molar-refractivity contribution in [3.8, 4) is 0 Å². The highest BCUT2D eigenvalue weighted by Crippen LogP contribution is 2.28. The Morgan fingerprint density at radius 2 is 1.72 bits per heavy atom. The molecule has 1 aromatic heterocycles. The topological polar surface area (TPSA) is 21.1 Å². The maximum atomic E-state index is 4.48. The molecule has 1 aromatic rings. The second kappa shape index (κ2) is 5.43. The van der Waals surface area contributed by atoms with Crippen molar-refractivity contribution >= 4 is 0 Å². The maximum Gasteiger partial charge on any atom is 0.0543 e. The van der Waals surface area contributed by atoms with E-state index in [1.165, 1.54) is 63.6 Å². The molecule has 18 heavy (non-hydrogen) atoms. The molecule has 3 rings (SSSR count). The van der Waals surface area contributed by atoms with Gasteiger partial charge >= 0.3 is 0 Å². The number of hydrogen-bond acceptors (Lipinski definition) is 2. The minimum atomic E-state index is 0.638. The van der Waals surface area contributed by atoms with Gasteiger partial charge in [-0.05, 0) is 38.2 Å². The van der Waals surface area contributed by atoms with Gasteiger partial charge in [-0.2, -0.15) is 5.10 Å². The van der Waals surface area contributed by atoms with Crippen LogP contribution in [0.25, 0.3) is 0 Å². The lowest BCUT2D eigenvalue weighted by Gasteiger charge is -2.39. The molecule has 1 saturated carbocycles. The van der Waals surface area contributed by atoms with E-state index in [1.54, 1.807) is 0 Å². The molecule has 1 saturated heterocycles. The van der Waals surface area contributed by atoms with Crippen LogP contribution in [0.15, 0.2) is 12.4 Å². The average Bonchev–Trinajstić information content (AvgIpc) is 2.87. The number of aromatic nitrogens is 2. The van der Waals surface area contributed by atoms with Crippen LogP contribution in [0.4, 0.5) is 0 Å². The predicted octanol–water partition coefficient (Wildman–Crippen LogP) is 3.16. The van der Waals surface area contributed by atoms with Crippen LogP contribution in [0.3, 0.4) is 0 Å². The zero-order valence-corrected chi connectivity index (χ0v) is 11.5. The quantitative estimate of drug-likeness (QED) is 0.800. The molecule has 2 aliphatic rings. The molecular weight excluding hydrogens is 222 g/mol. The summed E-state index contributed by atoms with van der Waals surface area (Å²) < 4.78 is 2.19. The van der Waals surface area contributed by atoms with E-state index in [1.807, 2.05) is 6.20 Å². The van der Waals surface area contributed by atoms with E-state index >= 15 is 0 Å². The molecule has 1 aliphatic heterocycles. The Morgan fingerprint density at radius 1 is 1.00 bits per heavy atom. The molecule has 0 unspecified atom stereocenters. The van der Waals surface area contributed by atoms with Crippen molar-refractivity contribution in [2.45, 2.75) is 64.0 Å². The first-order chi connectivity index (χ1) is 8.83. The molecule has 3 nitrogen and oxygen atoms in total. The SMILES string of the molecule is Cc1cnn(C2CCN(C3CCCCC3)CC2)c1. The first-order valence-electron chi connectivity index (χ1n) is 7.58. The fourth-order valence-electron chi connectivity index (χ4n) is 3.59. The smallest absolute Gasteiger partial charge is 0.0543 e. The van der Waals surface area contributed by atoms with Gasteiger partial charge in [0.1, 0.15) is 0 Å². The molecule has 1 aliphatic carbocycles. The van der Waals surface area contributed by atoms with Crippen LogP contribution in [0, 0.1) is 6.92 Å². The molecule has 0 spiro atoms. The average molecular weight is 247 g/mol. The molecule has 0 radical (unpaired) electrons. The number of nitrogens with zero attached hydrogens (tertiary/aromatic N) is 3. The lowest BCUT2D eigenvalue weighted by atomic mass is 9.92. The zero-order chi connectivity index (χ0) is 12.4. The Balaban J connectivity index is 1.54. The van der Waals surface area contributed by atoms with Crippen molar-refractivity contribution in [2.24, 2.45) is 0 Å². The molecular formula is C15H25N3. The predicted molar refractivity (Wildman–Crippen MR) is 73.7 cm³/mol. The van der Waals surface area contributed by atoms with Crippen molar-refractivity contribution in [1.82, 2.24) is 14.7 Å². The third-order valence-corrected chi connectivity index (χ3v) is 4.69. The van der Waals surface area contributed by atoms with E-state index in [-0.39, 0.29) is 0 Å². The number of rotatable bonds is 2. The summed E-state index contributed by atoms with van der Waals surface area (Å²) in [6.07, 6.45) is 14.0. The van der Waals surface area contributed by atoms with Crippen LogP contribution in [-0.2, 0) is 0 Å². The molecule has 0 aromatic carbocycles. The Morgan fingerprint density at radius 3 is 2.33 bits per heavy atom. The molecule has 3 heteroatoms. The lowest BCUT2D eigenvalue weighted by molar-refractivity contribution is 0.106. The van der Waals surface area contributed by atoms with Crippen LogP contribution in [0.2, 0.25) is 0 Å². The molecule has 0 N–H and O–H groups in total. The maximum absolute atomic E-state index is 4.48. The van der Waals surface area contributed by atoms with Gasteiger partial charge in [-0.25, -0.2) is 0 Å². The second-order valence-corrected chi connectivity index (χ2v) is 6.06. The normalized spacial score (nSPS) is 24.5. The molecule has 0 atom stereocenters. The van der Waals surface area contributed by atoms with Gasteiger partial charge in [0, 0.05) is 25.3 Å². The summed E-state index contributed by atoms with van der Waals surface area (Å²) in [5.74, 6) is 0. The number of aryl methyl sites for hydroxylation is 1. The summed E-state index contributed by atoms with van der Waals surface area (Å²) in [6.45, 7) is 4.67. The summed E-state index contributed by atoms with van der Waals surface area (Å²) in [6, 6.07) is 1.53. The summed E-state index contributed by atoms with van der Waals surface area (Å²) >= 11 is 0. The van der Waals surface area contributed by atoms with Gasteiger partial charge in [0.2, 0.25) is 0 Å². The van der Waals surface area contributed by atoms with E-state index in [0.717, 1.165) is 6.04 Å². The Labute approximate surface area is 110 Å². The Hall–Kier alpha value is -0.830. The summed E-state index contributed by atoms with van der Waals surface area (Å²) in [7, 11) is 0. The van der Waals surface area contributed by atoms with Gasteiger partial charge in [0.15, 0.2) is 0 Å². The van der Waals surface area contributed by atoms with E-state index < -0.39 is 0 Å². The van der Waals surface area contributed by atoms with Crippen LogP contribution < -0.4 is 0 Å². The van der Waals surface area contributed by atoms with E-state index in [0.29, 0.717) is 6.04 Å².